The Hall–Kier alpha value is -7.78. The molecule has 5 aliphatic rings. The van der Waals surface area contributed by atoms with E-state index in [0.29, 0.717) is 46.1 Å². The van der Waals surface area contributed by atoms with Gasteiger partial charge in [0, 0.05) is 33.3 Å². The Kier molecular flexibility index (Phi) is 3.24. The molecule has 28 aromatic carbocycles. The fourth-order valence-corrected chi connectivity index (χ4v) is 26.8. The molecule has 28 aromatic rings. The number of nitrogens with zero attached hydrogens (tertiary/aromatic N) is 1. The van der Waals surface area contributed by atoms with Gasteiger partial charge in [-0.3, -0.25) is 4.90 Å². The number of hydrogen-bond acceptors (Lipinski definition) is 6. The second-order valence-electron chi connectivity index (χ2n) is 27.5. The predicted molar refractivity (Wildman–Crippen MR) is 320 cm³/mol. The van der Waals surface area contributed by atoms with Crippen LogP contribution in [0, 0.1) is 0 Å². The molecule has 1 fully saturated rings. The third-order valence-corrected chi connectivity index (χ3v) is 27.2. The summed E-state index contributed by atoms with van der Waals surface area (Å²) >= 11 is 0. The highest BCUT2D eigenvalue weighted by Gasteiger charge is 2.80. The van der Waals surface area contributed by atoms with Crippen molar-refractivity contribution in [3.8, 4) is 0 Å². The quantitative estimate of drug-likeness (QED) is 0.0993. The van der Waals surface area contributed by atoms with Crippen LogP contribution < -0.4 is 11.5 Å². The van der Waals surface area contributed by atoms with Crippen LogP contribution in [-0.2, 0) is 25.0 Å². The summed E-state index contributed by atoms with van der Waals surface area (Å²) in [5.41, 5.74) is 21.0. The molecular formula is C71H25N3O3. The monoisotopic (exact) mass is 967 g/mol. The van der Waals surface area contributed by atoms with Gasteiger partial charge in [0.1, 0.15) is 0 Å². The minimum absolute atomic E-state index is 0.430. The standard InChI is InChI=1S/C71H25N3O3/c1-75-4-5-77-7-6-76-3-2-74-10-70-65-57-49-39-29-21-13-11-12-15-19-17(13)25-33-27(19)37-31-23(15)24-16(12)20-18-14(11)22(21)30-36-26(18)34-28(20)38-32(24)42-41(31)53-47(37)55-45(33)51(43(49)35(25)29)59(65)61(55)67-63(53)64-54(42)48(38)56-46(34)52-44(36)50(40(30)39)58(57)66(70)60(52)62(56)68(64)71(67,70)69(74,8-72)9-73/h2-10,72-73H2,1H3. The first kappa shape index (κ1) is 32.1. The molecule has 4 N–H and O–H groups in total. The molecule has 33 rings (SSSR count). The summed E-state index contributed by atoms with van der Waals surface area (Å²) in [7, 11) is 1.73. The van der Waals surface area contributed by atoms with Crippen molar-refractivity contribution in [1.82, 2.24) is 4.90 Å². The predicted octanol–water partition coefficient (Wildman–Crippen LogP) is 14.9. The lowest BCUT2D eigenvalue weighted by Crippen LogP contribution is -2.68. The van der Waals surface area contributed by atoms with Crippen LogP contribution >= 0.6 is 0 Å². The van der Waals surface area contributed by atoms with Crippen LogP contribution in [0.25, 0.3) is 291 Å². The average molecular weight is 968 g/mol. The van der Waals surface area contributed by atoms with E-state index in [1.54, 1.807) is 320 Å². The van der Waals surface area contributed by atoms with Gasteiger partial charge in [0.05, 0.1) is 49.4 Å². The summed E-state index contributed by atoms with van der Waals surface area (Å²) in [6.45, 7) is 5.46. The Balaban J connectivity index is 1.01. The highest BCUT2D eigenvalue weighted by Crippen LogP contribution is 2.86. The van der Waals surface area contributed by atoms with Crippen molar-refractivity contribution in [2.75, 3.05) is 66.3 Å². The van der Waals surface area contributed by atoms with E-state index in [1.165, 1.54) is 0 Å². The zero-order chi connectivity index (χ0) is 47.0. The molecular weight excluding hydrogens is 943 g/mol. The van der Waals surface area contributed by atoms with Crippen LogP contribution in [-0.4, -0.2) is 76.8 Å². The zero-order valence-electron chi connectivity index (χ0n) is 40.7. The van der Waals surface area contributed by atoms with E-state index in [2.05, 4.69) is 4.90 Å². The van der Waals surface area contributed by atoms with Gasteiger partial charge in [0.2, 0.25) is 0 Å². The molecule has 2 spiro atoms. The minimum atomic E-state index is -0.617. The van der Waals surface area contributed by atoms with E-state index in [-0.39, 0.29) is 0 Å². The van der Waals surface area contributed by atoms with E-state index in [4.69, 9.17) is 25.7 Å². The number of rotatable bonds is 11. The molecule has 6 heteroatoms. The fraction of sp³-hybridized carbons (Fsp3) is 0.183. The van der Waals surface area contributed by atoms with Crippen molar-refractivity contribution in [3.05, 3.63) is 22.3 Å². The summed E-state index contributed by atoms with van der Waals surface area (Å²) < 4.78 is 18.0. The number of benzene rings is 18. The van der Waals surface area contributed by atoms with Gasteiger partial charge in [0.15, 0.2) is 0 Å². The molecule has 0 amide bonds. The molecule has 0 atom stereocenters. The van der Waals surface area contributed by atoms with Crippen LogP contribution in [0.15, 0.2) is 0 Å². The Bertz CT molecular complexity index is 7120. The largest absolute Gasteiger partial charge is 0.382 e. The lowest BCUT2D eigenvalue weighted by atomic mass is 9.45. The van der Waals surface area contributed by atoms with Gasteiger partial charge in [-0.2, -0.15) is 0 Å². The van der Waals surface area contributed by atoms with E-state index in [9.17, 15) is 0 Å². The molecule has 1 aliphatic heterocycles. The molecule has 0 radical (unpaired) electrons. The SMILES string of the molecule is COCCOCCOCCN1CC23c4c5c6c7c8c9c(c%10c%11c2c2c4c4c%12c5c5c6c6c8c8c%13c9c9c%10c%10c%11c%11c2c2c4c4c%12c%12c5c5c6c8c6c8c%13c9c9c%10c%10c%11c2c2c4c4c%12c5c6c5c8c9c%10c2c45)C73C1(CN)CN. The van der Waals surface area contributed by atoms with Gasteiger partial charge in [-0.25, -0.2) is 0 Å². The highest BCUT2D eigenvalue weighted by molar-refractivity contribution is 6.82. The molecule has 77 heavy (non-hydrogen) atoms. The summed E-state index contributed by atoms with van der Waals surface area (Å²) in [5.74, 6) is 0. The fourth-order valence-electron chi connectivity index (χ4n) is 26.8. The zero-order valence-corrected chi connectivity index (χ0v) is 40.7. The highest BCUT2D eigenvalue weighted by atomic mass is 16.5. The minimum Gasteiger partial charge on any atom is -0.382 e. The molecule has 1 saturated heterocycles. The summed E-state index contributed by atoms with van der Waals surface area (Å²) in [5, 5.41) is 87.4. The first-order valence-corrected chi connectivity index (χ1v) is 28.8. The van der Waals surface area contributed by atoms with Gasteiger partial charge in [-0.15, -0.1) is 0 Å². The number of likely N-dealkylation sites (tertiary alicyclic amines) is 1. The summed E-state index contributed by atoms with van der Waals surface area (Å²) in [6.07, 6.45) is 0. The molecule has 1 heterocycles. The third kappa shape index (κ3) is 1.86. The maximum absolute atomic E-state index is 7.96. The van der Waals surface area contributed by atoms with Crippen LogP contribution in [0.5, 0.6) is 0 Å². The topological polar surface area (TPSA) is 83.0 Å². The Labute approximate surface area is 424 Å². The summed E-state index contributed by atoms with van der Waals surface area (Å²) in [4.78, 5) is 2.88. The normalized spacial score (nSPS) is 22.6. The Morgan fingerprint density at radius 1 is 0.286 bits per heavy atom. The van der Waals surface area contributed by atoms with Crippen LogP contribution in [0.2, 0.25) is 0 Å². The molecule has 0 aromatic heterocycles. The van der Waals surface area contributed by atoms with Crippen LogP contribution in [0.1, 0.15) is 22.3 Å². The van der Waals surface area contributed by atoms with Crippen molar-refractivity contribution in [2.24, 2.45) is 11.5 Å². The van der Waals surface area contributed by atoms with E-state index in [0.717, 1.165) is 13.1 Å². The van der Waals surface area contributed by atoms with Crippen molar-refractivity contribution in [3.63, 3.8) is 0 Å². The van der Waals surface area contributed by atoms with Crippen molar-refractivity contribution in [2.45, 2.75) is 16.4 Å². The van der Waals surface area contributed by atoms with Gasteiger partial charge in [-0.1, -0.05) is 0 Å². The number of ether oxygens (including phenoxy) is 3. The van der Waals surface area contributed by atoms with Gasteiger partial charge in [0.25, 0.3) is 0 Å². The molecule has 0 unspecified atom stereocenters. The molecule has 4 aliphatic carbocycles. The molecule has 0 bridgehead atoms. The van der Waals surface area contributed by atoms with Gasteiger partial charge >= 0.3 is 0 Å². The Morgan fingerprint density at radius 3 is 0.727 bits per heavy atom. The number of methoxy groups -OCH3 is 1. The number of hydrogen-bond donors (Lipinski definition) is 2. The smallest absolute Gasteiger partial charge is 0.0701 e. The lowest BCUT2D eigenvalue weighted by molar-refractivity contribution is 0.0110. The first-order valence-electron chi connectivity index (χ1n) is 28.8. The van der Waals surface area contributed by atoms with Gasteiger partial charge < -0.3 is 25.7 Å². The molecule has 6 nitrogen and oxygen atoms in total. The van der Waals surface area contributed by atoms with Gasteiger partial charge in [-0.05, 0) is 313 Å². The van der Waals surface area contributed by atoms with E-state index in [1.807, 2.05) is 0 Å². The van der Waals surface area contributed by atoms with E-state index >= 15 is 0 Å². The molecule has 0 saturated carbocycles. The summed E-state index contributed by atoms with van der Waals surface area (Å²) in [6, 6.07) is 0. The second-order valence-corrected chi connectivity index (χ2v) is 27.5. The maximum atomic E-state index is 7.96. The lowest BCUT2D eigenvalue weighted by Gasteiger charge is -2.57. The Morgan fingerprint density at radius 2 is 0.494 bits per heavy atom. The van der Waals surface area contributed by atoms with E-state index < -0.39 is 16.4 Å². The van der Waals surface area contributed by atoms with Crippen molar-refractivity contribution >= 4 is 291 Å². The third-order valence-electron chi connectivity index (χ3n) is 27.2. The average Bonchev–Trinajstić information content (AvgIpc) is 1.58. The van der Waals surface area contributed by atoms with Crippen molar-refractivity contribution < 1.29 is 14.2 Å². The first-order chi connectivity index (χ1) is 38.3. The van der Waals surface area contributed by atoms with Crippen LogP contribution in [0.3, 0.4) is 0 Å². The molecule has 342 valence electrons. The number of nitrogens with two attached hydrogens (primary N) is 2. The second kappa shape index (κ2) is 7.77. The van der Waals surface area contributed by atoms with Crippen LogP contribution in [0.4, 0.5) is 0 Å². The maximum Gasteiger partial charge on any atom is 0.0701 e. The van der Waals surface area contributed by atoms with Crippen molar-refractivity contribution in [1.29, 1.82) is 0 Å².